The number of benzene rings is 3. The van der Waals surface area contributed by atoms with E-state index in [-0.39, 0.29) is 12.6 Å². The maximum absolute atomic E-state index is 12.7. The molecule has 0 aliphatic carbocycles. The topological polar surface area (TPSA) is 39.2 Å². The monoisotopic (exact) mass is 359 g/mol. The van der Waals surface area contributed by atoms with Gasteiger partial charge in [0, 0.05) is 5.56 Å². The third kappa shape index (κ3) is 3.37. The van der Waals surface area contributed by atoms with E-state index in [0.717, 1.165) is 31.9 Å². The van der Waals surface area contributed by atoms with E-state index in [1.165, 1.54) is 0 Å². The molecule has 1 aromatic heterocycles. The zero-order chi connectivity index (χ0) is 17.9. The van der Waals surface area contributed by atoms with Gasteiger partial charge in [0.05, 0.1) is 15.8 Å². The first-order valence-electron chi connectivity index (χ1n) is 8.38. The highest BCUT2D eigenvalue weighted by Gasteiger charge is 2.16. The lowest BCUT2D eigenvalue weighted by Gasteiger charge is -2.08. The van der Waals surface area contributed by atoms with Crippen LogP contribution in [0.25, 0.3) is 20.8 Å². The molecule has 0 aliphatic rings. The standard InChI is InChI=1S/C22H17NO2S/c1-15-7-6-8-16(13-15)14-25-22(24)18-10-3-2-9-17(18)21-23-19-11-4-5-12-20(19)26-21/h2-13H,14H2,1H3. The second-order valence-electron chi connectivity index (χ2n) is 6.10. The Labute approximate surface area is 155 Å². The summed E-state index contributed by atoms with van der Waals surface area (Å²) < 4.78 is 6.65. The maximum atomic E-state index is 12.7. The Morgan fingerprint density at radius 1 is 1.00 bits per heavy atom. The SMILES string of the molecule is Cc1cccc(COC(=O)c2ccccc2-c2nc3ccccc3s2)c1. The Hall–Kier alpha value is -2.98. The largest absolute Gasteiger partial charge is 0.457 e. The van der Waals surface area contributed by atoms with Gasteiger partial charge in [0.1, 0.15) is 11.6 Å². The van der Waals surface area contributed by atoms with E-state index >= 15 is 0 Å². The molecule has 0 saturated carbocycles. The van der Waals surface area contributed by atoms with Crippen molar-refractivity contribution >= 4 is 27.5 Å². The number of para-hydroxylation sites is 1. The van der Waals surface area contributed by atoms with Gasteiger partial charge in [-0.05, 0) is 30.7 Å². The van der Waals surface area contributed by atoms with Crippen molar-refractivity contribution < 1.29 is 9.53 Å². The normalized spacial score (nSPS) is 10.8. The quantitative estimate of drug-likeness (QED) is 0.443. The number of aromatic nitrogens is 1. The second kappa shape index (κ2) is 7.10. The number of nitrogens with zero attached hydrogens (tertiary/aromatic N) is 1. The third-order valence-electron chi connectivity index (χ3n) is 4.12. The molecule has 1 heterocycles. The van der Waals surface area contributed by atoms with E-state index in [4.69, 9.17) is 4.74 Å². The molecule has 3 nitrogen and oxygen atoms in total. The van der Waals surface area contributed by atoms with E-state index in [1.54, 1.807) is 17.4 Å². The van der Waals surface area contributed by atoms with Crippen LogP contribution in [-0.4, -0.2) is 11.0 Å². The molecule has 0 saturated heterocycles. The molecule has 0 unspecified atom stereocenters. The number of esters is 1. The molecule has 0 amide bonds. The number of hydrogen-bond acceptors (Lipinski definition) is 4. The summed E-state index contributed by atoms with van der Waals surface area (Å²) in [4.78, 5) is 17.3. The lowest BCUT2D eigenvalue weighted by atomic mass is 10.1. The van der Waals surface area contributed by atoms with Crippen molar-refractivity contribution in [2.24, 2.45) is 0 Å². The number of hydrogen-bond donors (Lipinski definition) is 0. The van der Waals surface area contributed by atoms with E-state index < -0.39 is 0 Å². The van der Waals surface area contributed by atoms with Gasteiger partial charge in [-0.1, -0.05) is 60.2 Å². The fourth-order valence-corrected chi connectivity index (χ4v) is 3.87. The molecule has 0 aliphatic heterocycles. The van der Waals surface area contributed by atoms with Crippen molar-refractivity contribution in [1.82, 2.24) is 4.98 Å². The smallest absolute Gasteiger partial charge is 0.339 e. The summed E-state index contributed by atoms with van der Waals surface area (Å²) in [5, 5.41) is 0.828. The molecule has 4 aromatic rings. The minimum atomic E-state index is -0.332. The number of aryl methyl sites for hydroxylation is 1. The van der Waals surface area contributed by atoms with Crippen LogP contribution < -0.4 is 0 Å². The molecule has 0 bridgehead atoms. The number of carbonyl (C=O) groups excluding carboxylic acids is 1. The van der Waals surface area contributed by atoms with Crippen LogP contribution in [0.4, 0.5) is 0 Å². The first-order valence-corrected chi connectivity index (χ1v) is 9.20. The molecule has 128 valence electrons. The van der Waals surface area contributed by atoms with Crippen molar-refractivity contribution in [2.45, 2.75) is 13.5 Å². The van der Waals surface area contributed by atoms with Gasteiger partial charge in [-0.25, -0.2) is 9.78 Å². The average molecular weight is 359 g/mol. The lowest BCUT2D eigenvalue weighted by Crippen LogP contribution is -2.07. The summed E-state index contributed by atoms with van der Waals surface area (Å²) in [6, 6.07) is 23.4. The zero-order valence-corrected chi connectivity index (χ0v) is 15.1. The van der Waals surface area contributed by atoms with Crippen LogP contribution in [0.1, 0.15) is 21.5 Å². The number of thiazole rings is 1. The van der Waals surface area contributed by atoms with Gasteiger partial charge in [0.2, 0.25) is 0 Å². The Bertz CT molecular complexity index is 1050. The Balaban J connectivity index is 1.61. The predicted octanol–water partition coefficient (Wildman–Crippen LogP) is 5.63. The van der Waals surface area contributed by atoms with Crippen LogP contribution in [0.3, 0.4) is 0 Å². The highest BCUT2D eigenvalue weighted by Crippen LogP contribution is 2.32. The van der Waals surface area contributed by atoms with Crippen LogP contribution in [0.5, 0.6) is 0 Å². The molecular formula is C22H17NO2S. The van der Waals surface area contributed by atoms with Gasteiger partial charge < -0.3 is 4.74 Å². The van der Waals surface area contributed by atoms with E-state index in [2.05, 4.69) is 4.98 Å². The first-order chi connectivity index (χ1) is 12.7. The summed E-state index contributed by atoms with van der Waals surface area (Å²) >= 11 is 1.58. The highest BCUT2D eigenvalue weighted by atomic mass is 32.1. The molecule has 3 aromatic carbocycles. The average Bonchev–Trinajstić information content (AvgIpc) is 3.10. The predicted molar refractivity (Wildman–Crippen MR) is 105 cm³/mol. The third-order valence-corrected chi connectivity index (χ3v) is 5.19. The fourth-order valence-electron chi connectivity index (χ4n) is 2.86. The molecule has 0 N–H and O–H groups in total. The van der Waals surface area contributed by atoms with Crippen LogP contribution in [0.15, 0.2) is 72.8 Å². The Morgan fingerprint density at radius 2 is 1.81 bits per heavy atom. The summed E-state index contributed by atoms with van der Waals surface area (Å²) in [5.41, 5.74) is 4.42. The molecular weight excluding hydrogens is 342 g/mol. The number of fused-ring (bicyclic) bond motifs is 1. The molecule has 4 rings (SSSR count). The fraction of sp³-hybridized carbons (Fsp3) is 0.0909. The number of rotatable bonds is 4. The lowest BCUT2D eigenvalue weighted by molar-refractivity contribution is 0.0473. The number of carbonyl (C=O) groups is 1. The summed E-state index contributed by atoms with van der Waals surface area (Å²) in [6.45, 7) is 2.28. The van der Waals surface area contributed by atoms with E-state index in [0.29, 0.717) is 5.56 Å². The van der Waals surface area contributed by atoms with Crippen molar-refractivity contribution in [3.63, 3.8) is 0 Å². The molecule has 0 radical (unpaired) electrons. The highest BCUT2D eigenvalue weighted by molar-refractivity contribution is 7.21. The van der Waals surface area contributed by atoms with Crippen molar-refractivity contribution in [1.29, 1.82) is 0 Å². The van der Waals surface area contributed by atoms with E-state index in [9.17, 15) is 4.79 Å². The van der Waals surface area contributed by atoms with Gasteiger partial charge >= 0.3 is 5.97 Å². The minimum Gasteiger partial charge on any atom is -0.457 e. The summed E-state index contributed by atoms with van der Waals surface area (Å²) in [5.74, 6) is -0.332. The van der Waals surface area contributed by atoms with Crippen LogP contribution in [-0.2, 0) is 11.3 Å². The Morgan fingerprint density at radius 3 is 2.65 bits per heavy atom. The minimum absolute atomic E-state index is 0.259. The molecule has 4 heteroatoms. The first kappa shape index (κ1) is 16.5. The van der Waals surface area contributed by atoms with Gasteiger partial charge in [-0.15, -0.1) is 11.3 Å². The van der Waals surface area contributed by atoms with Crippen molar-refractivity contribution in [3.8, 4) is 10.6 Å². The van der Waals surface area contributed by atoms with Gasteiger partial charge in [0.15, 0.2) is 0 Å². The molecule has 0 spiro atoms. The molecule has 0 fully saturated rings. The van der Waals surface area contributed by atoms with Crippen LogP contribution in [0, 0.1) is 6.92 Å². The van der Waals surface area contributed by atoms with Crippen LogP contribution >= 0.6 is 11.3 Å². The van der Waals surface area contributed by atoms with Gasteiger partial charge in [-0.2, -0.15) is 0 Å². The summed E-state index contributed by atoms with van der Waals surface area (Å²) in [7, 11) is 0. The van der Waals surface area contributed by atoms with Gasteiger partial charge in [-0.3, -0.25) is 0 Å². The van der Waals surface area contributed by atoms with Crippen LogP contribution in [0.2, 0.25) is 0 Å². The van der Waals surface area contributed by atoms with E-state index in [1.807, 2.05) is 73.7 Å². The summed E-state index contributed by atoms with van der Waals surface area (Å²) in [6.07, 6.45) is 0. The molecule has 0 atom stereocenters. The van der Waals surface area contributed by atoms with Crippen molar-refractivity contribution in [3.05, 3.63) is 89.5 Å². The van der Waals surface area contributed by atoms with Gasteiger partial charge in [0.25, 0.3) is 0 Å². The zero-order valence-electron chi connectivity index (χ0n) is 14.3. The maximum Gasteiger partial charge on any atom is 0.339 e. The Kier molecular flexibility index (Phi) is 4.50. The molecule has 26 heavy (non-hydrogen) atoms. The second-order valence-corrected chi connectivity index (χ2v) is 7.13. The van der Waals surface area contributed by atoms with Crippen molar-refractivity contribution in [2.75, 3.05) is 0 Å². The number of ether oxygens (including phenoxy) is 1.